The molecule has 0 radical (unpaired) electrons. The molecular weight excluding hydrogens is 207 g/mol. The number of rotatable bonds is 4. The van der Waals surface area contributed by atoms with Crippen LogP contribution >= 0.6 is 23.2 Å². The number of hydrogen-bond donors (Lipinski definition) is 1. The van der Waals surface area contributed by atoms with Crippen LogP contribution in [0.15, 0.2) is 25.0 Å². The molecule has 0 unspecified atom stereocenters. The summed E-state index contributed by atoms with van der Waals surface area (Å²) in [6.45, 7) is 4.96. The zero-order chi connectivity index (χ0) is 9.68. The highest BCUT2D eigenvalue weighted by Crippen LogP contribution is 2.22. The zero-order valence-electron chi connectivity index (χ0n) is 7.06. The normalized spacial score (nSPS) is 10.0. The van der Waals surface area contributed by atoms with Crippen molar-refractivity contribution in [3.63, 3.8) is 0 Å². The van der Waals surface area contributed by atoms with E-state index in [0.29, 0.717) is 16.6 Å². The van der Waals surface area contributed by atoms with E-state index in [1.54, 1.807) is 18.5 Å². The zero-order valence-corrected chi connectivity index (χ0v) is 8.57. The Bertz CT molecular complexity index is 279. The lowest BCUT2D eigenvalue weighted by Gasteiger charge is -2.05. The molecule has 1 rings (SSSR count). The molecule has 0 fully saturated rings. The van der Waals surface area contributed by atoms with Gasteiger partial charge in [-0.15, -0.1) is 6.58 Å². The van der Waals surface area contributed by atoms with Crippen LogP contribution in [0.3, 0.4) is 0 Å². The highest BCUT2D eigenvalue weighted by Gasteiger charge is 2.04. The second-order valence-electron chi connectivity index (χ2n) is 2.50. The average molecular weight is 217 g/mol. The molecule has 1 N–H and O–H groups in total. The van der Waals surface area contributed by atoms with Gasteiger partial charge in [0.25, 0.3) is 0 Å². The number of nitrogens with one attached hydrogen (secondary N) is 1. The van der Waals surface area contributed by atoms with Crippen molar-refractivity contribution in [1.82, 2.24) is 10.3 Å². The second kappa shape index (κ2) is 5.22. The van der Waals surface area contributed by atoms with Crippen molar-refractivity contribution in [3.8, 4) is 0 Å². The molecule has 0 spiro atoms. The van der Waals surface area contributed by atoms with E-state index in [9.17, 15) is 0 Å². The molecule has 0 saturated heterocycles. The summed E-state index contributed by atoms with van der Waals surface area (Å²) < 4.78 is 0. The topological polar surface area (TPSA) is 24.9 Å². The average Bonchev–Trinajstić information content (AvgIpc) is 2.10. The smallest absolute Gasteiger partial charge is 0.0649 e. The Balaban J connectivity index is 2.69. The molecule has 1 heterocycles. The van der Waals surface area contributed by atoms with Gasteiger partial charge in [-0.25, -0.2) is 0 Å². The van der Waals surface area contributed by atoms with E-state index in [2.05, 4.69) is 16.9 Å². The van der Waals surface area contributed by atoms with Gasteiger partial charge in [-0.1, -0.05) is 29.3 Å². The molecule has 0 amide bonds. The fourth-order valence-corrected chi connectivity index (χ4v) is 1.40. The van der Waals surface area contributed by atoms with Crippen LogP contribution in [0.2, 0.25) is 10.0 Å². The Morgan fingerprint density at radius 2 is 2.00 bits per heavy atom. The molecule has 13 heavy (non-hydrogen) atoms. The summed E-state index contributed by atoms with van der Waals surface area (Å²) in [6, 6.07) is 0. The first-order valence-electron chi connectivity index (χ1n) is 3.85. The maximum Gasteiger partial charge on any atom is 0.0649 e. The fourth-order valence-electron chi connectivity index (χ4n) is 0.906. The SMILES string of the molecule is C=CCNCc1c(Cl)cncc1Cl. The number of hydrogen-bond acceptors (Lipinski definition) is 2. The molecule has 1 aromatic heterocycles. The molecule has 70 valence electrons. The minimum atomic E-state index is 0.587. The molecule has 1 aromatic rings. The summed E-state index contributed by atoms with van der Waals surface area (Å²) in [7, 11) is 0. The molecule has 0 saturated carbocycles. The standard InChI is InChI=1S/C9H10Cl2N2/c1-2-3-12-4-7-8(10)5-13-6-9(7)11/h2,5-6,12H,1,3-4H2. The minimum absolute atomic E-state index is 0.587. The Morgan fingerprint density at radius 1 is 1.38 bits per heavy atom. The molecule has 0 aromatic carbocycles. The molecule has 0 aliphatic rings. The van der Waals surface area contributed by atoms with Crippen molar-refractivity contribution >= 4 is 23.2 Å². The minimum Gasteiger partial charge on any atom is -0.309 e. The third kappa shape index (κ3) is 2.99. The van der Waals surface area contributed by atoms with E-state index < -0.39 is 0 Å². The predicted octanol–water partition coefficient (Wildman–Crippen LogP) is 2.66. The van der Waals surface area contributed by atoms with Gasteiger partial charge in [-0.2, -0.15) is 0 Å². The number of aromatic nitrogens is 1. The molecule has 0 bridgehead atoms. The summed E-state index contributed by atoms with van der Waals surface area (Å²) in [4.78, 5) is 3.86. The van der Waals surface area contributed by atoms with Crippen LogP contribution < -0.4 is 5.32 Å². The van der Waals surface area contributed by atoms with E-state index in [0.717, 1.165) is 12.1 Å². The molecule has 0 atom stereocenters. The summed E-state index contributed by atoms with van der Waals surface area (Å²) in [5, 5.41) is 4.29. The van der Waals surface area contributed by atoms with Crippen molar-refractivity contribution in [2.45, 2.75) is 6.54 Å². The van der Waals surface area contributed by atoms with Crippen LogP contribution in [0.1, 0.15) is 5.56 Å². The Labute approximate surface area is 87.6 Å². The van der Waals surface area contributed by atoms with E-state index in [4.69, 9.17) is 23.2 Å². The highest BCUT2D eigenvalue weighted by molar-refractivity contribution is 6.35. The van der Waals surface area contributed by atoms with Gasteiger partial charge < -0.3 is 5.32 Å². The van der Waals surface area contributed by atoms with Gasteiger partial charge in [0, 0.05) is 31.0 Å². The van der Waals surface area contributed by atoms with Gasteiger partial charge in [0.2, 0.25) is 0 Å². The van der Waals surface area contributed by atoms with Gasteiger partial charge in [0.1, 0.15) is 0 Å². The molecular formula is C9H10Cl2N2. The van der Waals surface area contributed by atoms with Gasteiger partial charge in [0.05, 0.1) is 10.0 Å². The maximum absolute atomic E-state index is 5.90. The lowest BCUT2D eigenvalue weighted by molar-refractivity contribution is 0.759. The van der Waals surface area contributed by atoms with Crippen LogP contribution in [-0.4, -0.2) is 11.5 Å². The third-order valence-electron chi connectivity index (χ3n) is 1.54. The largest absolute Gasteiger partial charge is 0.309 e. The quantitative estimate of drug-likeness (QED) is 0.619. The number of nitrogens with zero attached hydrogens (tertiary/aromatic N) is 1. The van der Waals surface area contributed by atoms with Crippen LogP contribution in [-0.2, 0) is 6.54 Å². The first-order valence-corrected chi connectivity index (χ1v) is 4.60. The maximum atomic E-state index is 5.90. The van der Waals surface area contributed by atoms with Crippen LogP contribution in [0.25, 0.3) is 0 Å². The highest BCUT2D eigenvalue weighted by atomic mass is 35.5. The van der Waals surface area contributed by atoms with Crippen molar-refractivity contribution in [2.24, 2.45) is 0 Å². The van der Waals surface area contributed by atoms with Crippen LogP contribution in [0.5, 0.6) is 0 Å². The Hall–Kier alpha value is -0.570. The van der Waals surface area contributed by atoms with Gasteiger partial charge in [0.15, 0.2) is 0 Å². The summed E-state index contributed by atoms with van der Waals surface area (Å²) in [6.07, 6.45) is 4.94. The summed E-state index contributed by atoms with van der Waals surface area (Å²) in [5.41, 5.74) is 0.875. The second-order valence-corrected chi connectivity index (χ2v) is 3.32. The van der Waals surface area contributed by atoms with Crippen molar-refractivity contribution < 1.29 is 0 Å². The number of halogens is 2. The first kappa shape index (κ1) is 10.5. The van der Waals surface area contributed by atoms with E-state index in [1.165, 1.54) is 0 Å². The van der Waals surface area contributed by atoms with Gasteiger partial charge >= 0.3 is 0 Å². The van der Waals surface area contributed by atoms with Crippen LogP contribution in [0.4, 0.5) is 0 Å². The van der Waals surface area contributed by atoms with Crippen molar-refractivity contribution in [1.29, 1.82) is 0 Å². The molecule has 4 heteroatoms. The van der Waals surface area contributed by atoms with E-state index in [1.807, 2.05) is 0 Å². The Kier molecular flexibility index (Phi) is 4.22. The van der Waals surface area contributed by atoms with E-state index in [-0.39, 0.29) is 0 Å². The summed E-state index contributed by atoms with van der Waals surface area (Å²) in [5.74, 6) is 0. The monoisotopic (exact) mass is 216 g/mol. The van der Waals surface area contributed by atoms with Crippen molar-refractivity contribution in [2.75, 3.05) is 6.54 Å². The molecule has 0 aliphatic heterocycles. The van der Waals surface area contributed by atoms with Gasteiger partial charge in [-0.05, 0) is 0 Å². The number of pyridine rings is 1. The first-order chi connectivity index (χ1) is 6.25. The fraction of sp³-hybridized carbons (Fsp3) is 0.222. The summed E-state index contributed by atoms with van der Waals surface area (Å²) >= 11 is 11.8. The molecule has 2 nitrogen and oxygen atoms in total. The van der Waals surface area contributed by atoms with E-state index >= 15 is 0 Å². The molecule has 0 aliphatic carbocycles. The Morgan fingerprint density at radius 3 is 2.54 bits per heavy atom. The van der Waals surface area contributed by atoms with Gasteiger partial charge in [-0.3, -0.25) is 4.98 Å². The van der Waals surface area contributed by atoms with Crippen molar-refractivity contribution in [3.05, 3.63) is 40.7 Å². The predicted molar refractivity (Wildman–Crippen MR) is 56.2 cm³/mol. The lowest BCUT2D eigenvalue weighted by Crippen LogP contribution is -2.13. The lowest BCUT2D eigenvalue weighted by atomic mass is 10.2. The van der Waals surface area contributed by atoms with Crippen LogP contribution in [0, 0.1) is 0 Å². The third-order valence-corrected chi connectivity index (χ3v) is 2.19.